The lowest BCUT2D eigenvalue weighted by Gasteiger charge is -2.06. The zero-order chi connectivity index (χ0) is 24.1. The smallest absolute Gasteiger partial charge is 0.272 e. The first-order valence-electron chi connectivity index (χ1n) is 11.1. The maximum atomic E-state index is 12.4. The van der Waals surface area contributed by atoms with E-state index >= 15 is 0 Å². The Morgan fingerprint density at radius 2 is 1.79 bits per heavy atom. The van der Waals surface area contributed by atoms with E-state index in [4.69, 9.17) is 4.42 Å². The van der Waals surface area contributed by atoms with Crippen LogP contribution in [0.4, 0.5) is 5.69 Å². The highest BCUT2D eigenvalue weighted by Crippen LogP contribution is 2.23. The summed E-state index contributed by atoms with van der Waals surface area (Å²) >= 11 is 0. The molecule has 4 rings (SSSR count). The molecule has 0 fully saturated rings. The van der Waals surface area contributed by atoms with Crippen LogP contribution in [0.1, 0.15) is 53.0 Å². The van der Waals surface area contributed by atoms with E-state index in [-0.39, 0.29) is 24.3 Å². The zero-order valence-electron chi connectivity index (χ0n) is 19.4. The Bertz CT molecular complexity index is 1270. The average Bonchev–Trinajstić information content (AvgIpc) is 3.46. The molecule has 0 aliphatic rings. The lowest BCUT2D eigenvalue weighted by atomic mass is 10.1. The monoisotopic (exact) mass is 457 g/mol. The second-order valence-corrected chi connectivity index (χ2v) is 8.36. The third-order valence-electron chi connectivity index (χ3n) is 5.38. The number of aromatic nitrogens is 3. The largest absolute Gasteiger partial charge is 0.441 e. The summed E-state index contributed by atoms with van der Waals surface area (Å²) in [7, 11) is 0. The van der Waals surface area contributed by atoms with Gasteiger partial charge in [0.15, 0.2) is 0 Å². The molecule has 8 nitrogen and oxygen atoms in total. The summed E-state index contributed by atoms with van der Waals surface area (Å²) in [5, 5.41) is 12.7. The number of carbonyl (C=O) groups excluding carboxylic acids is 2. The van der Waals surface area contributed by atoms with E-state index in [1.807, 2.05) is 75.4 Å². The van der Waals surface area contributed by atoms with Gasteiger partial charge in [-0.3, -0.25) is 14.7 Å². The Hall–Kier alpha value is -4.20. The first kappa shape index (κ1) is 23.0. The molecule has 0 radical (unpaired) electrons. The normalized spacial score (nSPS) is 10.9. The van der Waals surface area contributed by atoms with Crippen LogP contribution < -0.4 is 10.6 Å². The van der Waals surface area contributed by atoms with Gasteiger partial charge in [0.2, 0.25) is 11.8 Å². The van der Waals surface area contributed by atoms with Crippen LogP contribution in [0.15, 0.2) is 65.1 Å². The number of H-pyrrole nitrogens is 1. The summed E-state index contributed by atoms with van der Waals surface area (Å²) in [6, 6.07) is 18.6. The van der Waals surface area contributed by atoms with Gasteiger partial charge >= 0.3 is 0 Å². The lowest BCUT2D eigenvalue weighted by molar-refractivity contribution is -0.115. The van der Waals surface area contributed by atoms with Crippen molar-refractivity contribution in [1.82, 2.24) is 20.5 Å². The summed E-state index contributed by atoms with van der Waals surface area (Å²) in [4.78, 5) is 29.2. The van der Waals surface area contributed by atoms with E-state index in [1.165, 1.54) is 0 Å². The molecule has 8 heteroatoms. The number of amides is 2. The Kier molecular flexibility index (Phi) is 6.87. The number of hydrogen-bond donors (Lipinski definition) is 3. The SMILES string of the molecule is Cc1oc(-c2ccc(NC(=O)Cc3ccccc3)cc2)nc1CNC(=O)c1cc(C(C)C)[nH]n1. The molecule has 0 aliphatic carbocycles. The second kappa shape index (κ2) is 10.2. The molecule has 0 bridgehead atoms. The van der Waals surface area contributed by atoms with Gasteiger partial charge in [0.25, 0.3) is 5.91 Å². The number of hydrogen-bond acceptors (Lipinski definition) is 5. The van der Waals surface area contributed by atoms with Crippen molar-refractivity contribution < 1.29 is 14.0 Å². The van der Waals surface area contributed by atoms with Gasteiger partial charge in [-0.15, -0.1) is 0 Å². The molecule has 2 amide bonds. The van der Waals surface area contributed by atoms with E-state index in [9.17, 15) is 9.59 Å². The molecule has 2 aromatic carbocycles. The Labute approximate surface area is 197 Å². The van der Waals surface area contributed by atoms with Crippen LogP contribution >= 0.6 is 0 Å². The highest BCUT2D eigenvalue weighted by molar-refractivity contribution is 5.93. The minimum absolute atomic E-state index is 0.0821. The molecular formula is C26H27N5O3. The second-order valence-electron chi connectivity index (χ2n) is 8.36. The van der Waals surface area contributed by atoms with Gasteiger partial charge in [-0.2, -0.15) is 5.10 Å². The van der Waals surface area contributed by atoms with Gasteiger partial charge in [0, 0.05) is 16.9 Å². The Morgan fingerprint density at radius 3 is 2.47 bits per heavy atom. The number of nitrogens with zero attached hydrogens (tertiary/aromatic N) is 2. The molecule has 0 unspecified atom stereocenters. The van der Waals surface area contributed by atoms with Crippen LogP contribution in [-0.4, -0.2) is 27.0 Å². The van der Waals surface area contributed by atoms with E-state index < -0.39 is 0 Å². The van der Waals surface area contributed by atoms with Gasteiger partial charge in [0.05, 0.1) is 13.0 Å². The number of carbonyl (C=O) groups is 2. The van der Waals surface area contributed by atoms with Gasteiger partial charge in [-0.05, 0) is 48.7 Å². The summed E-state index contributed by atoms with van der Waals surface area (Å²) in [6.45, 7) is 6.09. The third-order valence-corrected chi connectivity index (χ3v) is 5.38. The first-order valence-corrected chi connectivity index (χ1v) is 11.1. The predicted molar refractivity (Wildman–Crippen MR) is 129 cm³/mol. The van der Waals surface area contributed by atoms with E-state index in [0.29, 0.717) is 35.1 Å². The van der Waals surface area contributed by atoms with Gasteiger partial charge in [0.1, 0.15) is 17.1 Å². The molecule has 0 saturated carbocycles. The van der Waals surface area contributed by atoms with E-state index in [2.05, 4.69) is 25.8 Å². The number of aryl methyl sites for hydroxylation is 1. The lowest BCUT2D eigenvalue weighted by Crippen LogP contribution is -2.23. The molecule has 3 N–H and O–H groups in total. The Balaban J connectivity index is 1.35. The number of oxazole rings is 1. The number of rotatable bonds is 8. The molecule has 34 heavy (non-hydrogen) atoms. The number of nitrogens with one attached hydrogen (secondary N) is 3. The van der Waals surface area contributed by atoms with Crippen molar-refractivity contribution >= 4 is 17.5 Å². The standard InChI is InChI=1S/C26H27N5O3/c1-16(2)21-14-22(31-30-21)25(33)27-15-23-17(3)34-26(29-23)19-9-11-20(12-10-19)28-24(32)13-18-7-5-4-6-8-18/h4-12,14,16H,13,15H2,1-3H3,(H,27,33)(H,28,32)(H,30,31). The van der Waals surface area contributed by atoms with Crippen molar-refractivity contribution in [1.29, 1.82) is 0 Å². The van der Waals surface area contributed by atoms with Crippen LogP contribution in [0.2, 0.25) is 0 Å². The van der Waals surface area contributed by atoms with Crippen molar-refractivity contribution in [2.24, 2.45) is 0 Å². The van der Waals surface area contributed by atoms with Gasteiger partial charge in [-0.25, -0.2) is 4.98 Å². The maximum absolute atomic E-state index is 12.4. The number of aromatic amines is 1. The third kappa shape index (κ3) is 5.58. The van der Waals surface area contributed by atoms with Crippen molar-refractivity contribution in [3.8, 4) is 11.5 Å². The highest BCUT2D eigenvalue weighted by Gasteiger charge is 2.16. The van der Waals surface area contributed by atoms with Crippen molar-refractivity contribution in [3.63, 3.8) is 0 Å². The number of anilines is 1. The van der Waals surface area contributed by atoms with Crippen LogP contribution in [0.3, 0.4) is 0 Å². The summed E-state index contributed by atoms with van der Waals surface area (Å²) in [5.41, 5.74) is 4.32. The van der Waals surface area contributed by atoms with Crippen LogP contribution in [0, 0.1) is 6.92 Å². The Morgan fingerprint density at radius 1 is 1.06 bits per heavy atom. The fraction of sp³-hybridized carbons (Fsp3) is 0.231. The van der Waals surface area contributed by atoms with Crippen LogP contribution in [0.25, 0.3) is 11.5 Å². The quantitative estimate of drug-likeness (QED) is 0.358. The van der Waals surface area contributed by atoms with Crippen LogP contribution in [0.5, 0.6) is 0 Å². The molecule has 2 heterocycles. The summed E-state index contributed by atoms with van der Waals surface area (Å²) < 4.78 is 5.80. The molecule has 0 aliphatic heterocycles. The first-order chi connectivity index (χ1) is 16.4. The minimum atomic E-state index is -0.275. The minimum Gasteiger partial charge on any atom is -0.441 e. The molecule has 4 aromatic rings. The summed E-state index contributed by atoms with van der Waals surface area (Å²) in [6.07, 6.45) is 0.313. The topological polar surface area (TPSA) is 113 Å². The molecule has 0 spiro atoms. The predicted octanol–water partition coefficient (Wildman–Crippen LogP) is 4.61. The van der Waals surface area contributed by atoms with Crippen molar-refractivity contribution in [3.05, 3.63) is 89.1 Å². The van der Waals surface area contributed by atoms with E-state index in [0.717, 1.165) is 16.8 Å². The van der Waals surface area contributed by atoms with Crippen LogP contribution in [-0.2, 0) is 17.8 Å². The fourth-order valence-corrected chi connectivity index (χ4v) is 3.40. The van der Waals surface area contributed by atoms with Crippen molar-refractivity contribution in [2.45, 2.75) is 39.7 Å². The molecule has 2 aromatic heterocycles. The van der Waals surface area contributed by atoms with Crippen molar-refractivity contribution in [2.75, 3.05) is 5.32 Å². The molecule has 0 atom stereocenters. The summed E-state index contributed by atoms with van der Waals surface area (Å²) in [5.74, 6) is 0.980. The zero-order valence-corrected chi connectivity index (χ0v) is 19.4. The van der Waals surface area contributed by atoms with Gasteiger partial charge in [-0.1, -0.05) is 44.2 Å². The van der Waals surface area contributed by atoms with Gasteiger partial charge < -0.3 is 15.1 Å². The fourth-order valence-electron chi connectivity index (χ4n) is 3.40. The highest BCUT2D eigenvalue weighted by atomic mass is 16.4. The maximum Gasteiger partial charge on any atom is 0.272 e. The molecule has 0 saturated heterocycles. The average molecular weight is 458 g/mol. The molecular weight excluding hydrogens is 430 g/mol. The van der Waals surface area contributed by atoms with E-state index in [1.54, 1.807) is 6.07 Å². The molecule has 174 valence electrons. The number of benzene rings is 2.